The number of sulfonamides is 1. The Morgan fingerprint density at radius 2 is 2.14 bits per heavy atom. The molecule has 0 saturated heterocycles. The molecule has 0 aliphatic heterocycles. The highest BCUT2D eigenvalue weighted by atomic mass is 32.2. The summed E-state index contributed by atoms with van der Waals surface area (Å²) in [6.45, 7) is 0.784. The zero-order valence-corrected chi connectivity index (χ0v) is 11.5. The first-order valence-corrected chi connectivity index (χ1v) is 7.18. The fraction of sp³-hybridized carbons (Fsp3) is 0.300. The van der Waals surface area contributed by atoms with Crippen molar-refractivity contribution in [2.75, 3.05) is 0 Å². The highest BCUT2D eigenvalue weighted by Crippen LogP contribution is 2.21. The summed E-state index contributed by atoms with van der Waals surface area (Å²) in [7, 11) is -4.37. The van der Waals surface area contributed by atoms with Crippen molar-refractivity contribution in [1.82, 2.24) is 25.3 Å². The Hall–Kier alpha value is -1.98. The van der Waals surface area contributed by atoms with Crippen LogP contribution in [0.25, 0.3) is 0 Å². The molecule has 0 amide bonds. The quantitative estimate of drug-likeness (QED) is 0.714. The molecule has 0 saturated carbocycles. The molecule has 0 spiro atoms. The lowest BCUT2D eigenvalue weighted by Gasteiger charge is -2.12. The largest absolute Gasteiger partial charge is 0.392 e. The molecule has 0 radical (unpaired) electrons. The summed E-state index contributed by atoms with van der Waals surface area (Å²) < 4.78 is 53.3. The molecule has 1 unspecified atom stereocenters. The topological polar surface area (TPSA) is 121 Å². The molecule has 8 nitrogen and oxygen atoms in total. The second-order valence-corrected chi connectivity index (χ2v) is 5.84. The van der Waals surface area contributed by atoms with Crippen LogP contribution < -0.4 is 4.72 Å². The van der Waals surface area contributed by atoms with Gasteiger partial charge in [0.25, 0.3) is 0 Å². The monoisotopic (exact) mass is 319 g/mol. The number of aromatic amines is 1. The third-order valence-electron chi connectivity index (χ3n) is 2.61. The molecule has 11 heteroatoms. The number of nitrogens with one attached hydrogen (secondary N) is 2. The van der Waals surface area contributed by atoms with E-state index in [0.29, 0.717) is 0 Å². The number of nitrogens with zero attached hydrogens (tertiary/aromatic N) is 3. The Balaban J connectivity index is 2.38. The van der Waals surface area contributed by atoms with E-state index >= 15 is 0 Å². The van der Waals surface area contributed by atoms with Crippen LogP contribution in [0.5, 0.6) is 0 Å². The number of halogens is 2. The third-order valence-corrected chi connectivity index (χ3v) is 4.15. The third kappa shape index (κ3) is 3.20. The van der Waals surface area contributed by atoms with Crippen molar-refractivity contribution < 1.29 is 22.3 Å². The predicted octanol–water partition coefficient (Wildman–Crippen LogP) is 0.00970. The van der Waals surface area contributed by atoms with Crippen molar-refractivity contribution in [2.45, 2.75) is 24.5 Å². The Morgan fingerprint density at radius 3 is 2.71 bits per heavy atom. The molecular formula is C10H11F2N5O3S. The van der Waals surface area contributed by atoms with Gasteiger partial charge in [0.05, 0.1) is 12.6 Å². The van der Waals surface area contributed by atoms with E-state index in [1.54, 1.807) is 0 Å². The van der Waals surface area contributed by atoms with Gasteiger partial charge in [0.2, 0.25) is 10.0 Å². The lowest BCUT2D eigenvalue weighted by Crippen LogP contribution is -2.28. The number of H-pyrrole nitrogens is 1. The van der Waals surface area contributed by atoms with Crippen LogP contribution in [0, 0.1) is 11.6 Å². The molecule has 3 N–H and O–H groups in total. The molecule has 1 atom stereocenters. The standard InChI is InChI=1S/C10H11F2N5O3S/c1-5(10-13-16-17-14-10)15-21(19,20)8-3-6(4-18)2-7(11)9(8)12/h2-3,5,15,18H,4H2,1H3,(H,13,14,16,17). The SMILES string of the molecule is CC(NS(=O)(=O)c1cc(CO)cc(F)c1F)c1nn[nH]n1. The van der Waals surface area contributed by atoms with Crippen molar-refractivity contribution in [3.8, 4) is 0 Å². The van der Waals surface area contributed by atoms with Gasteiger partial charge in [-0.2, -0.15) is 5.21 Å². The van der Waals surface area contributed by atoms with Crippen LogP contribution in [0.4, 0.5) is 8.78 Å². The minimum Gasteiger partial charge on any atom is -0.392 e. The Kier molecular flexibility index (Phi) is 4.25. The zero-order valence-electron chi connectivity index (χ0n) is 10.7. The summed E-state index contributed by atoms with van der Waals surface area (Å²) in [6.07, 6.45) is 0. The van der Waals surface area contributed by atoms with Gasteiger partial charge in [-0.15, -0.1) is 10.2 Å². The van der Waals surface area contributed by atoms with Gasteiger partial charge in [-0.25, -0.2) is 21.9 Å². The first-order valence-electron chi connectivity index (χ1n) is 5.69. The number of aliphatic hydroxyl groups excluding tert-OH is 1. The molecule has 1 aromatic heterocycles. The van der Waals surface area contributed by atoms with Gasteiger partial charge in [-0.1, -0.05) is 5.21 Å². The maximum atomic E-state index is 13.7. The first-order chi connectivity index (χ1) is 9.85. The summed E-state index contributed by atoms with van der Waals surface area (Å²) in [5, 5.41) is 21.5. The molecule has 114 valence electrons. The summed E-state index contributed by atoms with van der Waals surface area (Å²) >= 11 is 0. The molecule has 2 aromatic rings. The maximum absolute atomic E-state index is 13.7. The van der Waals surface area contributed by atoms with Crippen LogP contribution in [0.3, 0.4) is 0 Å². The number of tetrazole rings is 1. The number of hydrogen-bond acceptors (Lipinski definition) is 6. The van der Waals surface area contributed by atoms with E-state index in [4.69, 9.17) is 5.11 Å². The number of aromatic nitrogens is 4. The number of aliphatic hydroxyl groups is 1. The van der Waals surface area contributed by atoms with Gasteiger partial charge in [-0.3, -0.25) is 0 Å². The fourth-order valence-corrected chi connectivity index (χ4v) is 2.94. The second-order valence-electron chi connectivity index (χ2n) is 4.16. The average molecular weight is 319 g/mol. The maximum Gasteiger partial charge on any atom is 0.244 e. The first kappa shape index (κ1) is 15.4. The molecule has 0 bridgehead atoms. The van der Waals surface area contributed by atoms with Gasteiger partial charge in [0.15, 0.2) is 17.5 Å². The Morgan fingerprint density at radius 1 is 1.43 bits per heavy atom. The van der Waals surface area contributed by atoms with Crippen LogP contribution in [-0.4, -0.2) is 34.1 Å². The normalized spacial score (nSPS) is 13.3. The van der Waals surface area contributed by atoms with Gasteiger partial charge in [0, 0.05) is 0 Å². The van der Waals surface area contributed by atoms with Crippen molar-refractivity contribution in [2.24, 2.45) is 0 Å². The molecular weight excluding hydrogens is 308 g/mol. The number of rotatable bonds is 5. The molecule has 21 heavy (non-hydrogen) atoms. The Bertz CT molecular complexity index is 735. The molecule has 0 aliphatic rings. The van der Waals surface area contributed by atoms with E-state index in [0.717, 1.165) is 12.1 Å². The minimum atomic E-state index is -4.37. The van der Waals surface area contributed by atoms with E-state index in [1.165, 1.54) is 6.92 Å². The summed E-state index contributed by atoms with van der Waals surface area (Å²) in [6, 6.07) is 0.662. The molecule has 0 aliphatic carbocycles. The zero-order chi connectivity index (χ0) is 15.6. The number of benzene rings is 1. The lowest BCUT2D eigenvalue weighted by atomic mass is 10.2. The van der Waals surface area contributed by atoms with Crippen molar-refractivity contribution in [3.05, 3.63) is 35.2 Å². The predicted molar refractivity (Wildman–Crippen MR) is 65.2 cm³/mol. The number of hydrogen-bond donors (Lipinski definition) is 3. The lowest BCUT2D eigenvalue weighted by molar-refractivity contribution is 0.280. The summed E-state index contributed by atoms with van der Waals surface area (Å²) in [5.74, 6) is -2.85. The van der Waals surface area contributed by atoms with Gasteiger partial charge in [-0.05, 0) is 24.6 Å². The van der Waals surface area contributed by atoms with E-state index in [-0.39, 0.29) is 11.4 Å². The summed E-state index contributed by atoms with van der Waals surface area (Å²) in [5.41, 5.74) is -0.0681. The van der Waals surface area contributed by atoms with Crippen molar-refractivity contribution in [3.63, 3.8) is 0 Å². The molecule has 2 rings (SSSR count). The van der Waals surface area contributed by atoms with Crippen molar-refractivity contribution in [1.29, 1.82) is 0 Å². The smallest absolute Gasteiger partial charge is 0.244 e. The second kappa shape index (κ2) is 5.79. The minimum absolute atomic E-state index is 0.0396. The van der Waals surface area contributed by atoms with Crippen LogP contribution in [0.2, 0.25) is 0 Å². The van der Waals surface area contributed by atoms with E-state index in [9.17, 15) is 17.2 Å². The highest BCUT2D eigenvalue weighted by Gasteiger charge is 2.26. The fourth-order valence-electron chi connectivity index (χ4n) is 1.61. The van der Waals surface area contributed by atoms with Crippen LogP contribution in [-0.2, 0) is 16.6 Å². The van der Waals surface area contributed by atoms with Gasteiger partial charge < -0.3 is 5.11 Å². The van der Waals surface area contributed by atoms with Crippen LogP contribution in [0.15, 0.2) is 17.0 Å². The van der Waals surface area contributed by atoms with Crippen LogP contribution in [0.1, 0.15) is 24.4 Å². The molecule has 1 aromatic carbocycles. The highest BCUT2D eigenvalue weighted by molar-refractivity contribution is 7.89. The van der Waals surface area contributed by atoms with Crippen LogP contribution >= 0.6 is 0 Å². The van der Waals surface area contributed by atoms with Crippen molar-refractivity contribution >= 4 is 10.0 Å². The molecule has 0 fully saturated rings. The summed E-state index contributed by atoms with van der Waals surface area (Å²) in [4.78, 5) is -0.901. The van der Waals surface area contributed by atoms with E-state index in [1.807, 2.05) is 0 Å². The van der Waals surface area contributed by atoms with E-state index < -0.39 is 39.2 Å². The van der Waals surface area contributed by atoms with Gasteiger partial charge >= 0.3 is 0 Å². The van der Waals surface area contributed by atoms with Gasteiger partial charge in [0.1, 0.15) is 4.90 Å². The average Bonchev–Trinajstić information content (AvgIpc) is 2.95. The molecule has 1 heterocycles. The van der Waals surface area contributed by atoms with E-state index in [2.05, 4.69) is 25.3 Å². The Labute approximate surface area is 118 Å².